The maximum Gasteiger partial charge on any atom is 0.206 e. The number of rotatable bonds is 7. The molecule has 2 heterocycles. The van der Waals surface area contributed by atoms with Crippen LogP contribution in [0.5, 0.6) is 11.5 Å². The molecule has 0 amide bonds. The molecule has 0 unspecified atom stereocenters. The molecule has 6 nitrogen and oxygen atoms in total. The summed E-state index contributed by atoms with van der Waals surface area (Å²) in [4.78, 5) is 9.54. The van der Waals surface area contributed by atoms with Crippen LogP contribution in [0.3, 0.4) is 0 Å². The predicted molar refractivity (Wildman–Crippen MR) is 113 cm³/mol. The standard InChI is InChI=1S/C21H22N4O2S/c1-15(2)11-23-21-25(24-13-16-6-5-9-22-12-16)19(14-28-21)18-8-7-17(26-3)10-20(18)27-4/h5-10,12-14H,1,11H2,2-4H3. The first-order chi connectivity index (χ1) is 13.6. The van der Waals surface area contributed by atoms with Crippen molar-refractivity contribution < 1.29 is 9.47 Å². The Morgan fingerprint density at radius 2 is 2.14 bits per heavy atom. The van der Waals surface area contributed by atoms with Gasteiger partial charge in [0.05, 0.1) is 32.7 Å². The predicted octanol–water partition coefficient (Wildman–Crippen LogP) is 3.99. The fourth-order valence-electron chi connectivity index (χ4n) is 2.49. The zero-order valence-electron chi connectivity index (χ0n) is 16.1. The summed E-state index contributed by atoms with van der Waals surface area (Å²) < 4.78 is 12.7. The molecular weight excluding hydrogens is 372 g/mol. The molecule has 2 aromatic heterocycles. The van der Waals surface area contributed by atoms with Gasteiger partial charge in [-0.05, 0) is 25.1 Å². The summed E-state index contributed by atoms with van der Waals surface area (Å²) in [7, 11) is 3.27. The Morgan fingerprint density at radius 3 is 2.82 bits per heavy atom. The van der Waals surface area contributed by atoms with Gasteiger partial charge in [0, 0.05) is 35.0 Å². The summed E-state index contributed by atoms with van der Waals surface area (Å²) >= 11 is 1.52. The van der Waals surface area contributed by atoms with E-state index in [-0.39, 0.29) is 0 Å². The molecule has 0 aliphatic rings. The lowest BCUT2D eigenvalue weighted by Gasteiger charge is -2.11. The van der Waals surface area contributed by atoms with Crippen LogP contribution in [-0.2, 0) is 0 Å². The highest BCUT2D eigenvalue weighted by molar-refractivity contribution is 7.07. The van der Waals surface area contributed by atoms with Gasteiger partial charge in [0.1, 0.15) is 11.5 Å². The largest absolute Gasteiger partial charge is 0.497 e. The number of methoxy groups -OCH3 is 2. The molecule has 0 radical (unpaired) electrons. The molecule has 0 saturated heterocycles. The highest BCUT2D eigenvalue weighted by atomic mass is 32.1. The second-order valence-corrected chi connectivity index (χ2v) is 6.92. The van der Waals surface area contributed by atoms with Crippen molar-refractivity contribution in [1.29, 1.82) is 0 Å². The van der Waals surface area contributed by atoms with Gasteiger partial charge in [-0.15, -0.1) is 11.3 Å². The monoisotopic (exact) mass is 394 g/mol. The Balaban J connectivity index is 2.13. The molecule has 0 bridgehead atoms. The van der Waals surface area contributed by atoms with Crippen LogP contribution < -0.4 is 14.3 Å². The van der Waals surface area contributed by atoms with E-state index in [2.05, 4.69) is 21.7 Å². The quantitative estimate of drug-likeness (QED) is 0.450. The van der Waals surface area contributed by atoms with Gasteiger partial charge in [-0.2, -0.15) is 5.10 Å². The van der Waals surface area contributed by atoms with Crippen LogP contribution in [0.1, 0.15) is 12.5 Å². The van der Waals surface area contributed by atoms with Crippen molar-refractivity contribution in [3.05, 3.63) is 70.6 Å². The molecule has 3 aromatic rings. The van der Waals surface area contributed by atoms with Crippen LogP contribution in [0.2, 0.25) is 0 Å². The molecule has 144 valence electrons. The lowest BCUT2D eigenvalue weighted by atomic mass is 10.1. The summed E-state index contributed by atoms with van der Waals surface area (Å²) in [6.07, 6.45) is 5.25. The smallest absolute Gasteiger partial charge is 0.206 e. The highest BCUT2D eigenvalue weighted by Gasteiger charge is 2.13. The molecule has 1 aromatic carbocycles. The second kappa shape index (κ2) is 9.14. The van der Waals surface area contributed by atoms with Crippen molar-refractivity contribution >= 4 is 17.6 Å². The Labute approximate surface area is 168 Å². The molecule has 0 saturated carbocycles. The van der Waals surface area contributed by atoms with Crippen LogP contribution in [0.25, 0.3) is 11.3 Å². The molecule has 0 aliphatic carbocycles. The molecule has 7 heteroatoms. The van der Waals surface area contributed by atoms with E-state index in [1.165, 1.54) is 11.3 Å². The van der Waals surface area contributed by atoms with Crippen LogP contribution in [0.15, 0.2) is 70.4 Å². The minimum Gasteiger partial charge on any atom is -0.497 e. The summed E-state index contributed by atoms with van der Waals surface area (Å²) in [6.45, 7) is 6.42. The Morgan fingerprint density at radius 1 is 1.29 bits per heavy atom. The minimum atomic E-state index is 0.544. The fraction of sp³-hybridized carbons (Fsp3) is 0.190. The average Bonchev–Trinajstić information content (AvgIpc) is 3.13. The number of pyridine rings is 1. The highest BCUT2D eigenvalue weighted by Crippen LogP contribution is 2.33. The molecular formula is C21H22N4O2S. The number of benzene rings is 1. The van der Waals surface area contributed by atoms with Crippen molar-refractivity contribution in [2.24, 2.45) is 10.1 Å². The lowest BCUT2D eigenvalue weighted by molar-refractivity contribution is 0.395. The molecule has 0 aliphatic heterocycles. The first kappa shape index (κ1) is 19.6. The summed E-state index contributed by atoms with van der Waals surface area (Å²) in [5.74, 6) is 1.43. The summed E-state index contributed by atoms with van der Waals surface area (Å²) in [5, 5.41) is 6.68. The third-order valence-corrected chi connectivity index (χ3v) is 4.71. The molecule has 3 rings (SSSR count). The number of aromatic nitrogens is 2. The average molecular weight is 395 g/mol. The van der Waals surface area contributed by atoms with Crippen LogP contribution >= 0.6 is 11.3 Å². The fourth-order valence-corrected chi connectivity index (χ4v) is 3.32. The maximum absolute atomic E-state index is 5.57. The van der Waals surface area contributed by atoms with Gasteiger partial charge in [0.15, 0.2) is 0 Å². The van der Waals surface area contributed by atoms with Crippen LogP contribution in [-0.4, -0.2) is 36.6 Å². The van der Waals surface area contributed by atoms with Crippen molar-refractivity contribution in [3.63, 3.8) is 0 Å². The first-order valence-corrected chi connectivity index (χ1v) is 9.52. The summed E-state index contributed by atoms with van der Waals surface area (Å²) in [6, 6.07) is 9.53. The third kappa shape index (κ3) is 4.55. The van der Waals surface area contributed by atoms with Gasteiger partial charge in [-0.3, -0.25) is 9.98 Å². The molecule has 0 fully saturated rings. The lowest BCUT2D eigenvalue weighted by Crippen LogP contribution is -2.13. The zero-order chi connectivity index (χ0) is 19.9. The Hall–Kier alpha value is -3.19. The maximum atomic E-state index is 5.57. The number of thiazole rings is 1. The van der Waals surface area contributed by atoms with Crippen LogP contribution in [0, 0.1) is 0 Å². The third-order valence-electron chi connectivity index (χ3n) is 3.86. The summed E-state index contributed by atoms with van der Waals surface area (Å²) in [5.41, 5.74) is 3.67. The van der Waals surface area contributed by atoms with Crippen molar-refractivity contribution in [2.75, 3.05) is 20.8 Å². The van der Waals surface area contributed by atoms with Crippen molar-refractivity contribution in [3.8, 4) is 22.8 Å². The number of hydrogen-bond acceptors (Lipinski definition) is 6. The van der Waals surface area contributed by atoms with E-state index in [1.54, 1.807) is 32.8 Å². The minimum absolute atomic E-state index is 0.544. The normalized spacial score (nSPS) is 11.8. The van der Waals surface area contributed by atoms with Crippen molar-refractivity contribution in [1.82, 2.24) is 9.66 Å². The van der Waals surface area contributed by atoms with Gasteiger partial charge >= 0.3 is 0 Å². The van der Waals surface area contributed by atoms with E-state index in [0.717, 1.165) is 32.9 Å². The zero-order valence-corrected chi connectivity index (χ0v) is 16.9. The van der Waals surface area contributed by atoms with E-state index >= 15 is 0 Å². The molecule has 0 N–H and O–H groups in total. The van der Waals surface area contributed by atoms with E-state index in [4.69, 9.17) is 9.47 Å². The first-order valence-electron chi connectivity index (χ1n) is 8.64. The van der Waals surface area contributed by atoms with Gasteiger partial charge in [0.2, 0.25) is 4.80 Å². The van der Waals surface area contributed by atoms with E-state index in [0.29, 0.717) is 12.3 Å². The van der Waals surface area contributed by atoms with Gasteiger partial charge in [0.25, 0.3) is 0 Å². The molecule has 28 heavy (non-hydrogen) atoms. The second-order valence-electron chi connectivity index (χ2n) is 6.09. The number of hydrogen-bond donors (Lipinski definition) is 0. The van der Waals surface area contributed by atoms with Gasteiger partial charge < -0.3 is 9.47 Å². The van der Waals surface area contributed by atoms with E-state index in [1.807, 2.05) is 47.3 Å². The number of nitrogens with zero attached hydrogens (tertiary/aromatic N) is 4. The SMILES string of the molecule is C=C(C)CN=c1scc(-c2ccc(OC)cc2OC)n1N=Cc1cccnc1. The Bertz CT molecular complexity index is 1050. The van der Waals surface area contributed by atoms with Gasteiger partial charge in [-0.25, -0.2) is 4.68 Å². The molecule has 0 atom stereocenters. The van der Waals surface area contributed by atoms with Gasteiger partial charge in [-0.1, -0.05) is 18.2 Å². The van der Waals surface area contributed by atoms with E-state index < -0.39 is 0 Å². The topological polar surface area (TPSA) is 61.0 Å². The number of ether oxygens (including phenoxy) is 2. The molecule has 0 spiro atoms. The van der Waals surface area contributed by atoms with E-state index in [9.17, 15) is 0 Å². The Kier molecular flexibility index (Phi) is 6.39. The van der Waals surface area contributed by atoms with Crippen molar-refractivity contribution in [2.45, 2.75) is 6.92 Å². The van der Waals surface area contributed by atoms with Crippen LogP contribution in [0.4, 0.5) is 0 Å².